The number of hydrogen-bond acceptors (Lipinski definition) is 4. The first-order valence-electron chi connectivity index (χ1n) is 7.73. The molecule has 2 aromatic rings. The van der Waals surface area contributed by atoms with E-state index in [1.807, 2.05) is 13.0 Å². The SMILES string of the molecule is COC(CN(Cc1cccc(Cl)c1)S(=O)(=O)c1ccc(C)cc1)OC. The highest BCUT2D eigenvalue weighted by Crippen LogP contribution is 2.21. The van der Waals surface area contributed by atoms with E-state index in [0.717, 1.165) is 11.1 Å². The van der Waals surface area contributed by atoms with Gasteiger partial charge >= 0.3 is 0 Å². The summed E-state index contributed by atoms with van der Waals surface area (Å²) in [6.45, 7) is 2.14. The lowest BCUT2D eigenvalue weighted by Crippen LogP contribution is -2.38. The third kappa shape index (κ3) is 5.26. The van der Waals surface area contributed by atoms with Gasteiger partial charge in [0.25, 0.3) is 0 Å². The summed E-state index contributed by atoms with van der Waals surface area (Å²) in [6.07, 6.45) is -0.667. The van der Waals surface area contributed by atoms with Gasteiger partial charge in [-0.05, 0) is 36.8 Å². The van der Waals surface area contributed by atoms with Gasteiger partial charge in [0.05, 0.1) is 11.4 Å². The minimum atomic E-state index is -3.71. The molecular formula is C18H22ClNO4S. The van der Waals surface area contributed by atoms with Crippen LogP contribution in [0.2, 0.25) is 5.02 Å². The molecule has 0 saturated heterocycles. The Kier molecular flexibility index (Phi) is 6.98. The largest absolute Gasteiger partial charge is 0.354 e. The minimum Gasteiger partial charge on any atom is -0.354 e. The Balaban J connectivity index is 2.37. The summed E-state index contributed by atoms with van der Waals surface area (Å²) in [6, 6.07) is 13.9. The minimum absolute atomic E-state index is 0.0652. The Morgan fingerprint density at radius 1 is 1.08 bits per heavy atom. The molecule has 0 N–H and O–H groups in total. The molecule has 0 radical (unpaired) electrons. The van der Waals surface area contributed by atoms with Crippen molar-refractivity contribution >= 4 is 21.6 Å². The summed E-state index contributed by atoms with van der Waals surface area (Å²) in [5.41, 5.74) is 1.78. The number of benzene rings is 2. The molecule has 0 spiro atoms. The summed E-state index contributed by atoms with van der Waals surface area (Å²) < 4.78 is 37.9. The second-order valence-corrected chi connectivity index (χ2v) is 8.02. The van der Waals surface area contributed by atoms with E-state index in [2.05, 4.69) is 0 Å². The number of nitrogens with zero attached hydrogens (tertiary/aromatic N) is 1. The van der Waals surface area contributed by atoms with E-state index in [1.165, 1.54) is 18.5 Å². The van der Waals surface area contributed by atoms with E-state index >= 15 is 0 Å². The molecule has 0 atom stereocenters. The molecule has 0 saturated carbocycles. The van der Waals surface area contributed by atoms with Gasteiger partial charge in [0, 0.05) is 25.8 Å². The number of halogens is 1. The van der Waals surface area contributed by atoms with Crippen molar-refractivity contribution in [1.29, 1.82) is 0 Å². The van der Waals surface area contributed by atoms with Gasteiger partial charge in [0.2, 0.25) is 10.0 Å². The lowest BCUT2D eigenvalue weighted by atomic mass is 10.2. The number of rotatable bonds is 8. The van der Waals surface area contributed by atoms with Gasteiger partial charge in [-0.3, -0.25) is 0 Å². The highest BCUT2D eigenvalue weighted by Gasteiger charge is 2.27. The van der Waals surface area contributed by atoms with Crippen LogP contribution in [0.4, 0.5) is 0 Å². The zero-order chi connectivity index (χ0) is 18.4. The van der Waals surface area contributed by atoms with Crippen molar-refractivity contribution in [2.75, 3.05) is 20.8 Å². The lowest BCUT2D eigenvalue weighted by Gasteiger charge is -2.26. The average Bonchev–Trinajstić information content (AvgIpc) is 2.59. The second-order valence-electron chi connectivity index (χ2n) is 5.64. The van der Waals surface area contributed by atoms with Gasteiger partial charge in [-0.2, -0.15) is 4.31 Å². The summed E-state index contributed by atoms with van der Waals surface area (Å²) in [5.74, 6) is 0. The van der Waals surface area contributed by atoms with E-state index in [0.29, 0.717) is 5.02 Å². The van der Waals surface area contributed by atoms with Crippen LogP contribution in [0.3, 0.4) is 0 Å². The molecule has 7 heteroatoms. The third-order valence-electron chi connectivity index (χ3n) is 3.79. The van der Waals surface area contributed by atoms with Gasteiger partial charge in [0.15, 0.2) is 6.29 Å². The Hall–Kier alpha value is -1.44. The maximum absolute atomic E-state index is 13.1. The van der Waals surface area contributed by atoms with Crippen molar-refractivity contribution in [3.8, 4) is 0 Å². The fraction of sp³-hybridized carbons (Fsp3) is 0.333. The quantitative estimate of drug-likeness (QED) is 0.655. The van der Waals surface area contributed by atoms with Crippen LogP contribution in [0.15, 0.2) is 53.4 Å². The molecule has 0 aliphatic carbocycles. The molecule has 2 aromatic carbocycles. The fourth-order valence-electron chi connectivity index (χ4n) is 2.36. The molecule has 0 fully saturated rings. The molecule has 0 aromatic heterocycles. The number of hydrogen-bond donors (Lipinski definition) is 0. The number of aryl methyl sites for hydroxylation is 1. The maximum Gasteiger partial charge on any atom is 0.243 e. The Morgan fingerprint density at radius 2 is 1.72 bits per heavy atom. The second kappa shape index (κ2) is 8.78. The fourth-order valence-corrected chi connectivity index (χ4v) is 3.99. The third-order valence-corrected chi connectivity index (χ3v) is 5.85. The van der Waals surface area contributed by atoms with Gasteiger partial charge < -0.3 is 9.47 Å². The summed E-state index contributed by atoms with van der Waals surface area (Å²) in [5, 5.41) is 0.556. The molecule has 2 rings (SSSR count). The molecule has 5 nitrogen and oxygen atoms in total. The molecule has 136 valence electrons. The van der Waals surface area contributed by atoms with Crippen LogP contribution < -0.4 is 0 Å². The maximum atomic E-state index is 13.1. The molecule has 0 aliphatic heterocycles. The molecule has 0 aliphatic rings. The van der Waals surface area contributed by atoms with E-state index in [1.54, 1.807) is 42.5 Å². The van der Waals surface area contributed by atoms with E-state index in [-0.39, 0.29) is 18.0 Å². The molecule has 0 bridgehead atoms. The van der Waals surface area contributed by atoms with Crippen molar-refractivity contribution in [3.63, 3.8) is 0 Å². The van der Waals surface area contributed by atoms with Crippen LogP contribution >= 0.6 is 11.6 Å². The predicted molar refractivity (Wildman–Crippen MR) is 98.0 cm³/mol. The van der Waals surface area contributed by atoms with E-state index in [4.69, 9.17) is 21.1 Å². The van der Waals surface area contributed by atoms with E-state index < -0.39 is 16.3 Å². The smallest absolute Gasteiger partial charge is 0.243 e. The van der Waals surface area contributed by atoms with Gasteiger partial charge in [-0.1, -0.05) is 41.4 Å². The van der Waals surface area contributed by atoms with Crippen molar-refractivity contribution < 1.29 is 17.9 Å². The normalized spacial score (nSPS) is 12.1. The Morgan fingerprint density at radius 3 is 2.28 bits per heavy atom. The summed E-state index contributed by atoms with van der Waals surface area (Å²) in [7, 11) is -0.761. The van der Waals surface area contributed by atoms with Crippen molar-refractivity contribution in [3.05, 3.63) is 64.7 Å². The monoisotopic (exact) mass is 383 g/mol. The zero-order valence-corrected chi connectivity index (χ0v) is 16.0. The number of sulfonamides is 1. The van der Waals surface area contributed by atoms with Crippen LogP contribution in [0, 0.1) is 6.92 Å². The van der Waals surface area contributed by atoms with Crippen molar-refractivity contribution in [2.24, 2.45) is 0 Å². The Bertz CT molecular complexity index is 789. The van der Waals surface area contributed by atoms with Crippen molar-refractivity contribution in [2.45, 2.75) is 24.7 Å². The molecule has 25 heavy (non-hydrogen) atoms. The molecule has 0 heterocycles. The molecule has 0 unspecified atom stereocenters. The van der Waals surface area contributed by atoms with Crippen LogP contribution in [-0.4, -0.2) is 39.8 Å². The topological polar surface area (TPSA) is 55.8 Å². The van der Waals surface area contributed by atoms with Gasteiger partial charge in [0.1, 0.15) is 0 Å². The highest BCUT2D eigenvalue weighted by molar-refractivity contribution is 7.89. The van der Waals surface area contributed by atoms with Crippen molar-refractivity contribution in [1.82, 2.24) is 4.31 Å². The standard InChI is InChI=1S/C18H22ClNO4S/c1-14-7-9-17(10-8-14)25(21,22)20(13-18(23-2)24-3)12-15-5-4-6-16(19)11-15/h4-11,18H,12-13H2,1-3H3. The molecule has 0 amide bonds. The number of ether oxygens (including phenoxy) is 2. The van der Waals surface area contributed by atoms with Crippen LogP contribution in [0.5, 0.6) is 0 Å². The van der Waals surface area contributed by atoms with Gasteiger partial charge in [-0.25, -0.2) is 8.42 Å². The first-order chi connectivity index (χ1) is 11.9. The van der Waals surface area contributed by atoms with Gasteiger partial charge in [-0.15, -0.1) is 0 Å². The zero-order valence-electron chi connectivity index (χ0n) is 14.5. The van der Waals surface area contributed by atoms with Crippen LogP contribution in [0.1, 0.15) is 11.1 Å². The van der Waals surface area contributed by atoms with E-state index in [9.17, 15) is 8.42 Å². The predicted octanol–water partition coefficient (Wildman–Crippen LogP) is 3.46. The Labute approximate surface area is 154 Å². The summed E-state index contributed by atoms with van der Waals surface area (Å²) >= 11 is 6.02. The first-order valence-corrected chi connectivity index (χ1v) is 9.55. The van der Waals surface area contributed by atoms with Crippen LogP contribution in [-0.2, 0) is 26.0 Å². The van der Waals surface area contributed by atoms with Crippen LogP contribution in [0.25, 0.3) is 0 Å². The first kappa shape index (κ1) is 19.9. The lowest BCUT2D eigenvalue weighted by molar-refractivity contribution is -0.108. The average molecular weight is 384 g/mol. The number of methoxy groups -OCH3 is 2. The highest BCUT2D eigenvalue weighted by atomic mass is 35.5. The summed E-state index contributed by atoms with van der Waals surface area (Å²) in [4.78, 5) is 0.228. The molecular weight excluding hydrogens is 362 g/mol.